The molecule has 0 aliphatic carbocycles. The molecule has 24 heavy (non-hydrogen) atoms. The van der Waals surface area contributed by atoms with Crippen molar-refractivity contribution < 1.29 is 9.84 Å². The number of ether oxygens (including phenoxy) is 1. The lowest BCUT2D eigenvalue weighted by Gasteiger charge is -2.34. The summed E-state index contributed by atoms with van der Waals surface area (Å²) in [5, 5.41) is 11.6. The molecule has 4 rings (SSSR count). The van der Waals surface area contributed by atoms with E-state index in [0.29, 0.717) is 6.61 Å². The number of nitrogens with zero attached hydrogens (tertiary/aromatic N) is 4. The molecule has 4 heterocycles. The third kappa shape index (κ3) is 3.11. The average Bonchev–Trinajstić information content (AvgIpc) is 3.33. The van der Waals surface area contributed by atoms with Crippen molar-refractivity contribution in [1.29, 1.82) is 0 Å². The molecule has 2 atom stereocenters. The molecular formula is C17H22N4O2S. The quantitative estimate of drug-likeness (QED) is 0.915. The van der Waals surface area contributed by atoms with Crippen LogP contribution in [0.4, 0.5) is 11.6 Å². The van der Waals surface area contributed by atoms with Crippen molar-refractivity contribution in [1.82, 2.24) is 9.97 Å². The van der Waals surface area contributed by atoms with E-state index in [1.54, 1.807) is 17.7 Å². The predicted molar refractivity (Wildman–Crippen MR) is 94.7 cm³/mol. The third-order valence-electron chi connectivity index (χ3n) is 4.77. The first-order valence-electron chi connectivity index (χ1n) is 8.44. The minimum absolute atomic E-state index is 0.106. The maximum Gasteiger partial charge on any atom is 0.134 e. The Morgan fingerprint density at radius 3 is 3.04 bits per heavy atom. The van der Waals surface area contributed by atoms with Gasteiger partial charge in [-0.05, 0) is 24.3 Å². The van der Waals surface area contributed by atoms with Gasteiger partial charge in [-0.15, -0.1) is 11.3 Å². The number of aliphatic hydroxyl groups excluding tert-OH is 1. The van der Waals surface area contributed by atoms with Gasteiger partial charge in [0.2, 0.25) is 0 Å². The van der Waals surface area contributed by atoms with E-state index in [0.717, 1.165) is 44.1 Å². The molecule has 2 unspecified atom stereocenters. The monoisotopic (exact) mass is 346 g/mol. The van der Waals surface area contributed by atoms with E-state index >= 15 is 0 Å². The number of aromatic nitrogens is 2. The molecule has 2 fully saturated rings. The van der Waals surface area contributed by atoms with Crippen LogP contribution in [-0.2, 0) is 4.74 Å². The van der Waals surface area contributed by atoms with Gasteiger partial charge in [0.15, 0.2) is 0 Å². The van der Waals surface area contributed by atoms with Crippen molar-refractivity contribution >= 4 is 23.0 Å². The number of rotatable bonds is 4. The number of hydrogen-bond donors (Lipinski definition) is 1. The van der Waals surface area contributed by atoms with Crippen LogP contribution in [0.3, 0.4) is 0 Å². The van der Waals surface area contributed by atoms with E-state index in [1.807, 2.05) is 6.07 Å². The molecule has 128 valence electrons. The van der Waals surface area contributed by atoms with Gasteiger partial charge in [-0.3, -0.25) is 0 Å². The highest BCUT2D eigenvalue weighted by Crippen LogP contribution is 2.30. The molecule has 6 nitrogen and oxygen atoms in total. The molecule has 2 aromatic rings. The summed E-state index contributed by atoms with van der Waals surface area (Å²) in [4.78, 5) is 14.6. The number of aliphatic hydroxyl groups is 1. The Kier molecular flexibility index (Phi) is 4.64. The first kappa shape index (κ1) is 15.8. The van der Waals surface area contributed by atoms with Gasteiger partial charge in [-0.25, -0.2) is 9.97 Å². The van der Waals surface area contributed by atoms with Crippen LogP contribution in [0.15, 0.2) is 29.9 Å². The molecule has 0 radical (unpaired) electrons. The molecule has 2 saturated heterocycles. The van der Waals surface area contributed by atoms with Gasteiger partial charge >= 0.3 is 0 Å². The van der Waals surface area contributed by atoms with Crippen molar-refractivity contribution in [2.24, 2.45) is 0 Å². The lowest BCUT2D eigenvalue weighted by Crippen LogP contribution is -2.39. The zero-order chi connectivity index (χ0) is 16.4. The zero-order valence-corrected chi connectivity index (χ0v) is 14.4. The highest BCUT2D eigenvalue weighted by molar-refractivity contribution is 7.10. The van der Waals surface area contributed by atoms with Gasteiger partial charge in [0.25, 0.3) is 0 Å². The van der Waals surface area contributed by atoms with E-state index < -0.39 is 0 Å². The first-order chi connectivity index (χ1) is 11.8. The fourth-order valence-corrected chi connectivity index (χ4v) is 4.26. The molecule has 0 aromatic carbocycles. The summed E-state index contributed by atoms with van der Waals surface area (Å²) >= 11 is 1.73. The second-order valence-corrected chi connectivity index (χ2v) is 7.21. The molecule has 0 saturated carbocycles. The maximum atomic E-state index is 9.55. The topological polar surface area (TPSA) is 61.7 Å². The molecule has 1 N–H and O–H groups in total. The minimum Gasteiger partial charge on any atom is -0.394 e. The van der Waals surface area contributed by atoms with Gasteiger partial charge < -0.3 is 19.6 Å². The van der Waals surface area contributed by atoms with E-state index in [1.165, 1.54) is 4.88 Å². The van der Waals surface area contributed by atoms with Crippen molar-refractivity contribution in [2.75, 3.05) is 42.6 Å². The van der Waals surface area contributed by atoms with Crippen LogP contribution < -0.4 is 9.80 Å². The lowest BCUT2D eigenvalue weighted by molar-refractivity contribution is 0.0418. The number of anilines is 2. The molecule has 2 aromatic heterocycles. The fourth-order valence-electron chi connectivity index (χ4n) is 3.50. The van der Waals surface area contributed by atoms with Gasteiger partial charge in [-0.1, -0.05) is 6.07 Å². The third-order valence-corrected chi connectivity index (χ3v) is 5.74. The van der Waals surface area contributed by atoms with Crippen LogP contribution >= 0.6 is 11.3 Å². The second-order valence-electron chi connectivity index (χ2n) is 6.23. The van der Waals surface area contributed by atoms with Crippen LogP contribution in [0.1, 0.15) is 23.8 Å². The van der Waals surface area contributed by atoms with E-state index in [-0.39, 0.29) is 18.8 Å². The molecular weight excluding hydrogens is 324 g/mol. The standard InChI is InChI=1S/C17H22N4O2S/c22-11-13-3-1-5-21(13)17-9-16(18-12-19-17)20-6-7-23-14(10-20)15-4-2-8-24-15/h2,4,8-9,12-14,22H,1,3,5-7,10-11H2. The minimum atomic E-state index is 0.106. The average molecular weight is 346 g/mol. The zero-order valence-electron chi connectivity index (χ0n) is 13.5. The molecule has 2 aliphatic heterocycles. The molecule has 0 bridgehead atoms. The Labute approximate surface area is 145 Å². The summed E-state index contributed by atoms with van der Waals surface area (Å²) < 4.78 is 5.92. The van der Waals surface area contributed by atoms with Gasteiger partial charge in [0, 0.05) is 24.0 Å². The summed E-state index contributed by atoms with van der Waals surface area (Å²) in [6.45, 7) is 3.47. The van der Waals surface area contributed by atoms with E-state index in [4.69, 9.17) is 4.74 Å². The number of hydrogen-bond acceptors (Lipinski definition) is 7. The highest BCUT2D eigenvalue weighted by atomic mass is 32.1. The van der Waals surface area contributed by atoms with E-state index in [2.05, 4.69) is 37.3 Å². The Morgan fingerprint density at radius 2 is 2.21 bits per heavy atom. The lowest BCUT2D eigenvalue weighted by atomic mass is 10.2. The summed E-state index contributed by atoms with van der Waals surface area (Å²) in [7, 11) is 0. The van der Waals surface area contributed by atoms with Crippen molar-refractivity contribution in [3.8, 4) is 0 Å². The van der Waals surface area contributed by atoms with Crippen LogP contribution in [0.2, 0.25) is 0 Å². The Hall–Kier alpha value is -1.70. The number of morpholine rings is 1. The first-order valence-corrected chi connectivity index (χ1v) is 9.32. The van der Waals surface area contributed by atoms with Crippen LogP contribution in [0, 0.1) is 0 Å². The van der Waals surface area contributed by atoms with Gasteiger partial charge in [0.1, 0.15) is 24.1 Å². The summed E-state index contributed by atoms with van der Waals surface area (Å²) in [5.74, 6) is 1.85. The Bertz CT molecular complexity index is 666. The fraction of sp³-hybridized carbons (Fsp3) is 0.529. The molecule has 2 aliphatic rings. The SMILES string of the molecule is OCC1CCCN1c1cc(N2CCOC(c3cccs3)C2)ncn1. The summed E-state index contributed by atoms with van der Waals surface area (Å²) in [6, 6.07) is 6.41. The molecule has 7 heteroatoms. The van der Waals surface area contributed by atoms with Crippen molar-refractivity contribution in [3.05, 3.63) is 34.8 Å². The van der Waals surface area contributed by atoms with Gasteiger partial charge in [-0.2, -0.15) is 0 Å². The smallest absolute Gasteiger partial charge is 0.134 e. The predicted octanol–water partition coefficient (Wildman–Crippen LogP) is 2.08. The number of thiophene rings is 1. The van der Waals surface area contributed by atoms with Gasteiger partial charge in [0.05, 0.1) is 25.8 Å². The van der Waals surface area contributed by atoms with Crippen LogP contribution in [0.5, 0.6) is 0 Å². The highest BCUT2D eigenvalue weighted by Gasteiger charge is 2.27. The van der Waals surface area contributed by atoms with Crippen molar-refractivity contribution in [2.45, 2.75) is 25.0 Å². The van der Waals surface area contributed by atoms with Crippen molar-refractivity contribution in [3.63, 3.8) is 0 Å². The Morgan fingerprint density at radius 1 is 1.29 bits per heavy atom. The normalized spacial score (nSPS) is 24.5. The second kappa shape index (κ2) is 7.04. The molecule has 0 spiro atoms. The van der Waals surface area contributed by atoms with Crippen LogP contribution in [-0.4, -0.2) is 54.0 Å². The summed E-state index contributed by atoms with van der Waals surface area (Å²) in [6.07, 6.45) is 3.86. The largest absolute Gasteiger partial charge is 0.394 e. The van der Waals surface area contributed by atoms with E-state index in [9.17, 15) is 5.11 Å². The maximum absolute atomic E-state index is 9.55. The molecule has 0 amide bonds. The Balaban J connectivity index is 1.52. The summed E-state index contributed by atoms with van der Waals surface area (Å²) in [5.41, 5.74) is 0. The van der Waals surface area contributed by atoms with Crippen LogP contribution in [0.25, 0.3) is 0 Å².